The smallest absolute Gasteiger partial charge is 0.326 e. The molecule has 0 saturated heterocycles. The van der Waals surface area contributed by atoms with Crippen LogP contribution in [-0.2, 0) is 19.2 Å². The predicted molar refractivity (Wildman–Crippen MR) is 100 cm³/mol. The van der Waals surface area contributed by atoms with Gasteiger partial charge in [-0.2, -0.15) is 0 Å². The molecular weight excluding hydrogens is 373 g/mol. The minimum absolute atomic E-state index is 0.0244. The lowest BCUT2D eigenvalue weighted by molar-refractivity contribution is -0.140. The summed E-state index contributed by atoms with van der Waals surface area (Å²) in [5, 5.41) is 34.1. The van der Waals surface area contributed by atoms with Gasteiger partial charge in [-0.1, -0.05) is 13.3 Å². The van der Waals surface area contributed by atoms with Crippen LogP contribution in [0, 0.1) is 5.92 Å². The van der Waals surface area contributed by atoms with Crippen molar-refractivity contribution in [2.75, 3.05) is 6.54 Å². The minimum Gasteiger partial charge on any atom is -0.481 e. The Morgan fingerprint density at radius 1 is 0.893 bits per heavy atom. The summed E-state index contributed by atoms with van der Waals surface area (Å²) in [6.07, 6.45) is 0.554. The molecule has 0 aromatic heterocycles. The average molecular weight is 401 g/mol. The summed E-state index contributed by atoms with van der Waals surface area (Å²) in [6, 6.07) is -3.62. The Bertz CT molecular complexity index is 572. The first-order chi connectivity index (χ1) is 13.0. The van der Waals surface area contributed by atoms with Crippen LogP contribution in [-0.4, -0.2) is 71.0 Å². The number of aliphatic carboxylic acids is 3. The molecule has 0 bridgehead atoms. The molecule has 0 radical (unpaired) electrons. The normalized spacial score (nSPS) is 13.6. The summed E-state index contributed by atoms with van der Waals surface area (Å²) >= 11 is 0. The van der Waals surface area contributed by atoms with Gasteiger partial charge in [0.1, 0.15) is 17.8 Å². The Labute approximate surface area is 163 Å². The van der Waals surface area contributed by atoms with Gasteiger partial charge in [-0.25, -0.2) is 14.4 Å². The van der Waals surface area contributed by atoms with Gasteiger partial charge in [0.2, 0.25) is 0 Å². The van der Waals surface area contributed by atoms with Crippen LogP contribution in [0.15, 0.2) is 0 Å². The van der Waals surface area contributed by atoms with E-state index < -0.39 is 42.4 Å². The molecule has 0 heterocycles. The highest BCUT2D eigenvalue weighted by molar-refractivity contribution is 6.71. The third-order valence-electron chi connectivity index (χ3n) is 3.91. The van der Waals surface area contributed by atoms with Crippen molar-refractivity contribution < 1.29 is 39.3 Å². The second kappa shape index (κ2) is 13.5. The number of urea groups is 1. The van der Waals surface area contributed by atoms with Gasteiger partial charge >= 0.3 is 23.9 Å². The number of carbonyl (C=O) groups excluding carboxylic acids is 2. The number of hydrogen-bond donors (Lipinski definition) is 6. The molecule has 0 fully saturated rings. The van der Waals surface area contributed by atoms with Gasteiger partial charge in [-0.05, 0) is 38.6 Å². The quantitative estimate of drug-likeness (QED) is 0.194. The Balaban J connectivity index is 4.42. The highest BCUT2D eigenvalue weighted by Gasteiger charge is 2.24. The first-order valence-corrected chi connectivity index (χ1v) is 8.97. The van der Waals surface area contributed by atoms with Crippen molar-refractivity contribution in [1.82, 2.24) is 15.9 Å². The maximum atomic E-state index is 11.9. The number of amides is 2. The second-order valence-electron chi connectivity index (χ2n) is 6.70. The van der Waals surface area contributed by atoms with Crippen molar-refractivity contribution in [2.45, 2.75) is 58.0 Å². The van der Waals surface area contributed by atoms with Crippen LogP contribution >= 0.6 is 0 Å². The summed E-state index contributed by atoms with van der Waals surface area (Å²) in [4.78, 5) is 55.6. The molecule has 28 heavy (non-hydrogen) atoms. The van der Waals surface area contributed by atoms with Crippen LogP contribution in [0.3, 0.4) is 0 Å². The van der Waals surface area contributed by atoms with Gasteiger partial charge in [0.15, 0.2) is 0 Å². The molecule has 1 unspecified atom stereocenters. The third kappa shape index (κ3) is 12.7. The van der Waals surface area contributed by atoms with Crippen molar-refractivity contribution in [3.05, 3.63) is 0 Å². The summed E-state index contributed by atoms with van der Waals surface area (Å²) in [7, 11) is 0.274. The minimum atomic E-state index is -1.43. The van der Waals surface area contributed by atoms with E-state index in [9.17, 15) is 29.1 Å². The number of nitrogens with one attached hydrogen (secondary N) is 3. The lowest BCUT2D eigenvalue weighted by Crippen LogP contribution is -2.51. The van der Waals surface area contributed by atoms with Crippen molar-refractivity contribution in [3.63, 3.8) is 0 Å². The Morgan fingerprint density at radius 2 is 1.43 bits per heavy atom. The fourth-order valence-corrected chi connectivity index (χ4v) is 2.41. The van der Waals surface area contributed by atoms with Crippen LogP contribution in [0.25, 0.3) is 0 Å². The van der Waals surface area contributed by atoms with E-state index in [0.717, 1.165) is 0 Å². The zero-order valence-corrected chi connectivity index (χ0v) is 16.1. The summed E-state index contributed by atoms with van der Waals surface area (Å²) < 4.78 is 0. The molecule has 12 heteroatoms. The molecule has 0 aromatic rings. The van der Waals surface area contributed by atoms with E-state index in [0.29, 0.717) is 19.4 Å². The Kier molecular flexibility index (Phi) is 12.3. The molecule has 158 valence electrons. The van der Waals surface area contributed by atoms with Crippen LogP contribution in [0.2, 0.25) is 0 Å². The fraction of sp³-hybridized carbons (Fsp3) is 0.688. The van der Waals surface area contributed by atoms with Crippen LogP contribution in [0.1, 0.15) is 46.0 Å². The SMILES string of the molecule is CC(=O)BNCC(C)CCC[C@H](NC(=O)N[C@@H](CCC(=O)O)C(=O)O)C(=O)O. The maximum Gasteiger partial charge on any atom is 0.326 e. The van der Waals surface area contributed by atoms with E-state index >= 15 is 0 Å². The fourth-order valence-electron chi connectivity index (χ4n) is 2.41. The van der Waals surface area contributed by atoms with Gasteiger partial charge in [-0.3, -0.25) is 4.79 Å². The number of carboxylic acids is 3. The topological polar surface area (TPSA) is 182 Å². The zero-order valence-electron chi connectivity index (χ0n) is 16.1. The van der Waals surface area contributed by atoms with Crippen molar-refractivity contribution in [3.8, 4) is 0 Å². The molecular formula is C16H28BN3O8. The highest BCUT2D eigenvalue weighted by atomic mass is 16.4. The van der Waals surface area contributed by atoms with Crippen LogP contribution in [0.5, 0.6) is 0 Å². The van der Waals surface area contributed by atoms with Crippen molar-refractivity contribution in [1.29, 1.82) is 0 Å². The molecule has 0 aliphatic heterocycles. The second-order valence-corrected chi connectivity index (χ2v) is 6.70. The van der Waals surface area contributed by atoms with Gasteiger partial charge in [-0.15, -0.1) is 0 Å². The Morgan fingerprint density at radius 3 is 1.89 bits per heavy atom. The predicted octanol–water partition coefficient (Wildman–Crippen LogP) is -0.649. The molecule has 6 N–H and O–H groups in total. The van der Waals surface area contributed by atoms with Gasteiger partial charge < -0.3 is 36.0 Å². The molecule has 0 rings (SSSR count). The van der Waals surface area contributed by atoms with E-state index in [-0.39, 0.29) is 31.9 Å². The Hall–Kier alpha value is -2.63. The number of hydrogen-bond acceptors (Lipinski definition) is 6. The largest absolute Gasteiger partial charge is 0.481 e. The summed E-state index contributed by atoms with van der Waals surface area (Å²) in [5.74, 6) is -3.66. The van der Waals surface area contributed by atoms with Crippen molar-refractivity contribution in [2.24, 2.45) is 5.92 Å². The van der Waals surface area contributed by atoms with Crippen LogP contribution < -0.4 is 15.9 Å². The monoisotopic (exact) mass is 401 g/mol. The summed E-state index contributed by atoms with van der Waals surface area (Å²) in [5.41, 5.74) is 0.0244. The van der Waals surface area contributed by atoms with E-state index in [4.69, 9.17) is 10.2 Å². The third-order valence-corrected chi connectivity index (χ3v) is 3.91. The first-order valence-electron chi connectivity index (χ1n) is 8.97. The first kappa shape index (κ1) is 25.4. The highest BCUT2D eigenvalue weighted by Crippen LogP contribution is 2.09. The number of rotatable bonds is 15. The van der Waals surface area contributed by atoms with Crippen molar-refractivity contribution >= 4 is 37.0 Å². The molecule has 0 saturated carbocycles. The van der Waals surface area contributed by atoms with Gasteiger partial charge in [0.05, 0.1) is 0 Å². The van der Waals surface area contributed by atoms with E-state index in [1.54, 1.807) is 0 Å². The van der Waals surface area contributed by atoms with Crippen LogP contribution in [0.4, 0.5) is 4.79 Å². The molecule has 3 atom stereocenters. The molecule has 11 nitrogen and oxygen atoms in total. The lowest BCUT2D eigenvalue weighted by Gasteiger charge is -2.19. The van der Waals surface area contributed by atoms with Gasteiger partial charge in [0.25, 0.3) is 7.41 Å². The van der Waals surface area contributed by atoms with E-state index in [1.807, 2.05) is 6.92 Å². The maximum absolute atomic E-state index is 11.9. The zero-order chi connectivity index (χ0) is 21.7. The molecule has 0 spiro atoms. The summed E-state index contributed by atoms with van der Waals surface area (Å²) in [6.45, 7) is 4.03. The molecule has 0 aliphatic carbocycles. The number of carbonyl (C=O) groups is 5. The number of carboxylic acid groups (broad SMARTS) is 3. The standard InChI is InChI=1S/C16H28BN3O8/c1-9(8-18-17-10(2)21)4-3-5-11(14(24)25)19-16(28)20-12(15(26)27)6-7-13(22)23/h9,11-12,17-18H,3-8H2,1-2H3,(H,22,23)(H,24,25)(H,26,27)(H2,19,20,28)/t9?,11-,12-/m0/s1. The van der Waals surface area contributed by atoms with E-state index in [1.165, 1.54) is 6.92 Å². The van der Waals surface area contributed by atoms with E-state index in [2.05, 4.69) is 15.9 Å². The molecule has 0 aromatic carbocycles. The lowest BCUT2D eigenvalue weighted by atomic mass is 9.87. The molecule has 0 aliphatic rings. The molecule has 2 amide bonds. The average Bonchev–Trinajstić information content (AvgIpc) is 2.56. The van der Waals surface area contributed by atoms with Gasteiger partial charge in [0, 0.05) is 6.42 Å².